The summed E-state index contributed by atoms with van der Waals surface area (Å²) in [4.78, 5) is 9.42. The highest BCUT2D eigenvalue weighted by atomic mass is 19.4. The topological polar surface area (TPSA) is 58.9 Å². The fourth-order valence-electron chi connectivity index (χ4n) is 1.58. The first kappa shape index (κ1) is 22.8. The second-order valence-corrected chi connectivity index (χ2v) is 4.19. The van der Waals surface area contributed by atoms with Gasteiger partial charge in [-0.3, -0.25) is 0 Å². The van der Waals surface area contributed by atoms with E-state index in [4.69, 9.17) is 5.11 Å². The summed E-state index contributed by atoms with van der Waals surface area (Å²) in [5.74, 6) is -1.41. The van der Waals surface area contributed by atoms with Crippen LogP contribution in [0.15, 0.2) is 24.5 Å². The highest BCUT2D eigenvalue weighted by Gasteiger charge is 2.35. The van der Waals surface area contributed by atoms with Crippen molar-refractivity contribution in [1.29, 1.82) is 0 Å². The van der Waals surface area contributed by atoms with E-state index >= 15 is 0 Å². The summed E-state index contributed by atoms with van der Waals surface area (Å²) in [6.45, 7) is 3.32. The van der Waals surface area contributed by atoms with E-state index in [2.05, 4.69) is 15.0 Å². The molecule has 0 saturated carbocycles. The summed E-state index contributed by atoms with van der Waals surface area (Å²) in [5.41, 5.74) is -1.77. The molecule has 4 nitrogen and oxygen atoms in total. The van der Waals surface area contributed by atoms with Crippen molar-refractivity contribution in [3.05, 3.63) is 41.6 Å². The highest BCUT2D eigenvalue weighted by Crippen LogP contribution is 2.31. The molecule has 0 saturated heterocycles. The Bertz CT molecular complexity index is 668. The lowest BCUT2D eigenvalue weighted by Gasteiger charge is -2.10. The van der Waals surface area contributed by atoms with Crippen LogP contribution in [0, 0.1) is 0 Å². The Balaban J connectivity index is 0.00000185. The van der Waals surface area contributed by atoms with Gasteiger partial charge in [-0.05, 0) is 17.7 Å². The molecule has 0 aromatic carbocycles. The lowest BCUT2D eigenvalue weighted by Crippen LogP contribution is -2.11. The smallest absolute Gasteiger partial charge is 0.392 e. The summed E-state index contributed by atoms with van der Waals surface area (Å²) in [6.07, 6.45) is -8.07. The maximum absolute atomic E-state index is 12.7. The quantitative estimate of drug-likeness (QED) is 0.778. The summed E-state index contributed by atoms with van der Waals surface area (Å²) >= 11 is 0. The van der Waals surface area contributed by atoms with Crippen LogP contribution in [0.1, 0.15) is 38.4 Å². The molecule has 0 radical (unpaired) electrons. The molecule has 0 spiro atoms. The summed E-state index contributed by atoms with van der Waals surface area (Å²) in [6, 6.07) is 1.76. The molecule has 140 valence electrons. The molecule has 2 aromatic heterocycles. The Morgan fingerprint density at radius 2 is 1.44 bits per heavy atom. The maximum atomic E-state index is 12.7. The molecule has 2 aromatic rings. The second-order valence-electron chi connectivity index (χ2n) is 4.19. The van der Waals surface area contributed by atoms with Crippen molar-refractivity contribution < 1.29 is 31.4 Å². The average molecular weight is 369 g/mol. The summed E-state index contributed by atoms with van der Waals surface area (Å²) < 4.78 is 75.1. The van der Waals surface area contributed by atoms with Crippen LogP contribution in [-0.2, 0) is 19.0 Å². The van der Waals surface area contributed by atoms with E-state index in [0.717, 1.165) is 18.5 Å². The fourth-order valence-corrected chi connectivity index (χ4v) is 1.58. The molecule has 25 heavy (non-hydrogen) atoms. The van der Waals surface area contributed by atoms with Crippen molar-refractivity contribution in [2.45, 2.75) is 40.2 Å². The molecular formula is C15H17F6N3O. The van der Waals surface area contributed by atoms with Gasteiger partial charge in [0.05, 0.1) is 12.3 Å². The van der Waals surface area contributed by atoms with E-state index in [0.29, 0.717) is 6.07 Å². The van der Waals surface area contributed by atoms with Gasteiger partial charge in [0.2, 0.25) is 5.82 Å². The molecule has 1 N–H and O–H groups in total. The fraction of sp³-hybridized carbons (Fsp3) is 0.400. The van der Waals surface area contributed by atoms with Gasteiger partial charge in [0.15, 0.2) is 0 Å². The Kier molecular flexibility index (Phi) is 7.97. The molecule has 0 atom stereocenters. The van der Waals surface area contributed by atoms with Crippen LogP contribution >= 0.6 is 0 Å². The van der Waals surface area contributed by atoms with E-state index in [9.17, 15) is 26.3 Å². The number of aliphatic hydroxyl groups is 1. The van der Waals surface area contributed by atoms with Crippen LogP contribution in [0.2, 0.25) is 0 Å². The summed E-state index contributed by atoms with van der Waals surface area (Å²) in [7, 11) is 0. The second kappa shape index (κ2) is 8.75. The number of alkyl halides is 6. The minimum atomic E-state index is -4.76. The largest absolute Gasteiger partial charge is 0.451 e. The van der Waals surface area contributed by atoms with Crippen molar-refractivity contribution >= 4 is 0 Å². The molecule has 0 bridgehead atoms. The Morgan fingerprint density at radius 1 is 0.920 bits per heavy atom. The van der Waals surface area contributed by atoms with E-state index < -0.39 is 30.5 Å². The first-order chi connectivity index (χ1) is 11.1. The van der Waals surface area contributed by atoms with Gasteiger partial charge < -0.3 is 5.11 Å². The number of nitrogens with zero attached hydrogens (tertiary/aromatic N) is 3. The third-order valence-corrected chi connectivity index (χ3v) is 2.56. The molecule has 0 amide bonds. The normalized spacial score (nSPS) is 11.2. The number of halogens is 6. The van der Waals surface area contributed by atoms with E-state index in [1.54, 1.807) is 0 Å². The van der Waals surface area contributed by atoms with Gasteiger partial charge in [-0.2, -0.15) is 26.3 Å². The van der Waals surface area contributed by atoms with Crippen molar-refractivity contribution in [2.24, 2.45) is 0 Å². The van der Waals surface area contributed by atoms with Crippen molar-refractivity contribution in [1.82, 2.24) is 15.0 Å². The minimum absolute atomic E-state index is 0. The molecule has 0 aliphatic carbocycles. The minimum Gasteiger partial charge on any atom is -0.392 e. The van der Waals surface area contributed by atoms with Crippen LogP contribution < -0.4 is 0 Å². The lowest BCUT2D eigenvalue weighted by atomic mass is 10.1. The van der Waals surface area contributed by atoms with Crippen LogP contribution in [0.25, 0.3) is 11.3 Å². The lowest BCUT2D eigenvalue weighted by molar-refractivity contribution is -0.145. The molecule has 0 fully saturated rings. The van der Waals surface area contributed by atoms with Gasteiger partial charge in [-0.25, -0.2) is 15.0 Å². The predicted molar refractivity (Wildman–Crippen MR) is 79.3 cm³/mol. The highest BCUT2D eigenvalue weighted by molar-refractivity contribution is 5.58. The zero-order chi connectivity index (χ0) is 18.5. The Labute approximate surface area is 140 Å². The average Bonchev–Trinajstić information content (AvgIpc) is 2.55. The summed E-state index contributed by atoms with van der Waals surface area (Å²) in [5, 5.41) is 8.97. The molecular weight excluding hydrogens is 352 g/mol. The van der Waals surface area contributed by atoms with Crippen molar-refractivity contribution in [3.63, 3.8) is 0 Å². The van der Waals surface area contributed by atoms with Crippen molar-refractivity contribution in [2.75, 3.05) is 0 Å². The Morgan fingerprint density at radius 3 is 1.84 bits per heavy atom. The van der Waals surface area contributed by atoms with Gasteiger partial charge in [0, 0.05) is 18.0 Å². The van der Waals surface area contributed by atoms with Crippen LogP contribution in [-0.4, -0.2) is 20.1 Å². The maximum Gasteiger partial charge on any atom is 0.451 e. The van der Waals surface area contributed by atoms with Crippen LogP contribution in [0.3, 0.4) is 0 Å². The van der Waals surface area contributed by atoms with E-state index in [-0.39, 0.29) is 24.2 Å². The predicted octanol–water partition coefficient (Wildman–Crippen LogP) is 4.73. The monoisotopic (exact) mass is 369 g/mol. The zero-order valence-corrected chi connectivity index (χ0v) is 12.6. The number of hydrogen-bond acceptors (Lipinski definition) is 4. The number of aromatic nitrogens is 3. The SMILES string of the molecule is C.CC.OCc1cc(-c2cnc(C(F)(F)F)nc2)nc(C(F)(F)F)c1. The van der Waals surface area contributed by atoms with Gasteiger partial charge >= 0.3 is 12.4 Å². The van der Waals surface area contributed by atoms with E-state index in [1.807, 2.05) is 13.8 Å². The van der Waals surface area contributed by atoms with Crippen LogP contribution in [0.5, 0.6) is 0 Å². The Hall–Kier alpha value is -2.23. The van der Waals surface area contributed by atoms with Crippen molar-refractivity contribution in [3.8, 4) is 11.3 Å². The molecule has 0 aliphatic heterocycles. The van der Waals surface area contributed by atoms with Gasteiger partial charge in [-0.15, -0.1) is 0 Å². The first-order valence-corrected chi connectivity index (χ1v) is 6.70. The van der Waals surface area contributed by atoms with E-state index in [1.165, 1.54) is 0 Å². The first-order valence-electron chi connectivity index (χ1n) is 6.70. The number of rotatable bonds is 2. The number of hydrogen-bond donors (Lipinski definition) is 1. The third kappa shape index (κ3) is 5.96. The standard InChI is InChI=1S/C12H7F6N3O.C2H6.CH4/c13-11(14,15)9-2-6(5-22)1-8(21-9)7-3-19-10(20-4-7)12(16,17)18;1-2;/h1-4,22H,5H2;1-2H3;1H4. The van der Waals surface area contributed by atoms with Crippen LogP contribution in [0.4, 0.5) is 26.3 Å². The molecule has 0 aliphatic rings. The molecule has 2 heterocycles. The number of pyridine rings is 1. The molecule has 10 heteroatoms. The van der Waals surface area contributed by atoms with Gasteiger partial charge in [0.25, 0.3) is 0 Å². The molecule has 2 rings (SSSR count). The number of aliphatic hydroxyl groups excluding tert-OH is 1. The third-order valence-electron chi connectivity index (χ3n) is 2.56. The molecule has 0 unspecified atom stereocenters. The van der Waals surface area contributed by atoms with Gasteiger partial charge in [-0.1, -0.05) is 21.3 Å². The zero-order valence-electron chi connectivity index (χ0n) is 12.6. The van der Waals surface area contributed by atoms with Gasteiger partial charge in [0.1, 0.15) is 5.69 Å².